The molecule has 0 radical (unpaired) electrons. The number of hydrogen-bond donors (Lipinski definition) is 7. The number of esters is 1. The third kappa shape index (κ3) is 38.6. The van der Waals surface area contributed by atoms with Gasteiger partial charge in [-0.2, -0.15) is 0 Å². The molecule has 11 atom stereocenters. The normalized spacial score (nSPS) is 23.8. The lowest BCUT2D eigenvalue weighted by Gasteiger charge is -2.42. The van der Waals surface area contributed by atoms with Gasteiger partial charge in [-0.15, -0.1) is 0 Å². The Morgan fingerprint density at radius 3 is 1.14 bits per heavy atom. The summed E-state index contributed by atoms with van der Waals surface area (Å²) in [7, 11) is 0. The largest absolute Gasteiger partial charge is 0.457 e. The molecule has 474 valence electrons. The molecule has 0 aliphatic carbocycles. The first kappa shape index (κ1) is 74.8. The fraction of sp³-hybridized carbons (Fsp3) is 0.955. The maximum atomic E-state index is 13.1. The van der Waals surface area contributed by atoms with Crippen LogP contribution in [0.2, 0.25) is 0 Å². The Labute approximate surface area is 488 Å². The van der Waals surface area contributed by atoms with Crippen molar-refractivity contribution in [2.24, 2.45) is 0 Å². The summed E-state index contributed by atoms with van der Waals surface area (Å²) in [6, 6.07) is 0. The highest BCUT2D eigenvalue weighted by atomic mass is 16.7. The van der Waals surface area contributed by atoms with Gasteiger partial charge in [-0.25, -0.2) is 0 Å². The van der Waals surface area contributed by atoms with Crippen LogP contribution < -0.4 is 0 Å². The van der Waals surface area contributed by atoms with Gasteiger partial charge in [0.2, 0.25) is 0 Å². The van der Waals surface area contributed by atoms with Gasteiger partial charge in [0.05, 0.1) is 26.4 Å². The minimum absolute atomic E-state index is 0.0686. The Kier molecular flexibility index (Phi) is 49.8. The Bertz CT molecular complexity index is 1370. The number of carbonyl (C=O) groups excluding carboxylic acids is 1. The monoisotopic (exact) mass is 1140 g/mol. The Morgan fingerprint density at radius 1 is 0.400 bits per heavy atom. The molecule has 2 aliphatic heterocycles. The van der Waals surface area contributed by atoms with Crippen LogP contribution in [0.3, 0.4) is 0 Å². The molecule has 80 heavy (non-hydrogen) atoms. The number of aliphatic hydroxyl groups excluding tert-OH is 7. The smallest absolute Gasteiger partial charge is 0.306 e. The first-order chi connectivity index (χ1) is 39.1. The molecular weight excluding hydrogens is 1020 g/mol. The van der Waals surface area contributed by atoms with Gasteiger partial charge in [-0.1, -0.05) is 270 Å². The highest BCUT2D eigenvalue weighted by Gasteiger charge is 2.47. The second-order valence-electron chi connectivity index (χ2n) is 24.0. The number of rotatable bonds is 57. The minimum atomic E-state index is -1.70. The molecule has 2 saturated heterocycles. The van der Waals surface area contributed by atoms with Crippen LogP contribution in [0.4, 0.5) is 0 Å². The van der Waals surface area contributed by atoms with E-state index in [0.29, 0.717) is 13.0 Å². The Morgan fingerprint density at radius 2 is 0.738 bits per heavy atom. The van der Waals surface area contributed by atoms with Crippen LogP contribution in [0, 0.1) is 0 Å². The molecule has 0 aromatic carbocycles. The van der Waals surface area contributed by atoms with E-state index < -0.39 is 80.7 Å². The summed E-state index contributed by atoms with van der Waals surface area (Å²) in [6.07, 6.45) is 45.7. The van der Waals surface area contributed by atoms with Crippen LogP contribution in [0.5, 0.6) is 0 Å². The van der Waals surface area contributed by atoms with Crippen LogP contribution in [0.25, 0.3) is 0 Å². The third-order valence-corrected chi connectivity index (χ3v) is 16.5. The first-order valence-electron chi connectivity index (χ1n) is 33.8. The van der Waals surface area contributed by atoms with Gasteiger partial charge in [0, 0.05) is 13.0 Å². The van der Waals surface area contributed by atoms with E-state index in [-0.39, 0.29) is 25.6 Å². The van der Waals surface area contributed by atoms with Crippen LogP contribution in [-0.4, -0.2) is 142 Å². The van der Waals surface area contributed by atoms with E-state index in [1.54, 1.807) is 0 Å². The second-order valence-corrected chi connectivity index (χ2v) is 24.0. The average Bonchev–Trinajstić information content (AvgIpc) is 3.46. The van der Waals surface area contributed by atoms with Gasteiger partial charge in [0.1, 0.15) is 54.9 Å². The molecule has 0 spiro atoms. The summed E-state index contributed by atoms with van der Waals surface area (Å²) in [5, 5.41) is 72.6. The number of unbranched alkanes of at least 4 members (excludes halogenated alkanes) is 41. The maximum Gasteiger partial charge on any atom is 0.306 e. The molecule has 2 heterocycles. The summed E-state index contributed by atoms with van der Waals surface area (Å²) < 4.78 is 34.5. The van der Waals surface area contributed by atoms with Gasteiger partial charge in [-0.3, -0.25) is 4.79 Å². The predicted octanol–water partition coefficient (Wildman–Crippen LogP) is 13.7. The summed E-state index contributed by atoms with van der Waals surface area (Å²) >= 11 is 0. The number of carbonyl (C=O) groups is 1. The summed E-state index contributed by atoms with van der Waals surface area (Å²) in [4.78, 5) is 13.1. The van der Waals surface area contributed by atoms with E-state index in [0.717, 1.165) is 38.5 Å². The molecule has 7 N–H and O–H groups in total. The topological polar surface area (TPSA) is 214 Å². The lowest BCUT2D eigenvalue weighted by atomic mass is 9.98. The van der Waals surface area contributed by atoms with Gasteiger partial charge >= 0.3 is 5.97 Å². The van der Waals surface area contributed by atoms with Crippen LogP contribution >= 0.6 is 0 Å². The fourth-order valence-corrected chi connectivity index (χ4v) is 11.1. The molecule has 0 saturated carbocycles. The molecule has 11 unspecified atom stereocenters. The third-order valence-electron chi connectivity index (χ3n) is 16.5. The van der Waals surface area contributed by atoms with Crippen LogP contribution in [-0.2, 0) is 33.2 Å². The van der Waals surface area contributed by atoms with Crippen molar-refractivity contribution in [3.63, 3.8) is 0 Å². The summed E-state index contributed by atoms with van der Waals surface area (Å²) in [5.41, 5.74) is 0. The van der Waals surface area contributed by atoms with Crippen molar-refractivity contribution in [1.82, 2.24) is 0 Å². The quantitative estimate of drug-likeness (QED) is 0.0171. The van der Waals surface area contributed by atoms with Crippen molar-refractivity contribution in [3.05, 3.63) is 12.2 Å². The highest BCUT2D eigenvalue weighted by molar-refractivity contribution is 5.69. The zero-order chi connectivity index (χ0) is 57.9. The summed E-state index contributed by atoms with van der Waals surface area (Å²) in [6.45, 7) is 3.77. The molecule has 0 amide bonds. The van der Waals surface area contributed by atoms with Gasteiger partial charge in [-0.05, 0) is 38.5 Å². The molecule has 0 aromatic heterocycles. The van der Waals surface area contributed by atoms with Gasteiger partial charge in [0.25, 0.3) is 0 Å². The second kappa shape index (κ2) is 53.2. The fourth-order valence-electron chi connectivity index (χ4n) is 11.1. The molecule has 2 rings (SSSR count). The van der Waals surface area contributed by atoms with Crippen LogP contribution in [0.1, 0.15) is 303 Å². The summed E-state index contributed by atoms with van der Waals surface area (Å²) in [5.74, 6) is -0.368. The molecule has 2 fully saturated rings. The van der Waals surface area contributed by atoms with Crippen molar-refractivity contribution in [3.8, 4) is 0 Å². The average molecular weight is 1140 g/mol. The molecular formula is C66H126O14. The van der Waals surface area contributed by atoms with E-state index in [4.69, 9.17) is 28.4 Å². The van der Waals surface area contributed by atoms with E-state index in [9.17, 15) is 40.5 Å². The van der Waals surface area contributed by atoms with Gasteiger partial charge < -0.3 is 64.2 Å². The first-order valence-corrected chi connectivity index (χ1v) is 33.8. The van der Waals surface area contributed by atoms with Crippen molar-refractivity contribution >= 4 is 5.97 Å². The van der Waals surface area contributed by atoms with Crippen molar-refractivity contribution in [2.45, 2.75) is 370 Å². The van der Waals surface area contributed by atoms with E-state index in [2.05, 4.69) is 26.0 Å². The molecule has 14 heteroatoms. The van der Waals surface area contributed by atoms with Crippen LogP contribution in [0.15, 0.2) is 12.2 Å². The SMILES string of the molecule is CCCCCCCCCC/C=C\CCCCCCCCCCCCCC(=O)OC(COCCCCCCCCCCCCCCCCCCCCCCCCC)COC1OC(COC2OC(CO)C(O)C(O)C2O)C(O)C(O)C1O. The Hall–Kier alpha value is -1.27. The highest BCUT2D eigenvalue weighted by Crippen LogP contribution is 2.27. The zero-order valence-electron chi connectivity index (χ0n) is 51.3. The van der Waals surface area contributed by atoms with E-state index in [1.165, 1.54) is 238 Å². The van der Waals surface area contributed by atoms with Crippen molar-refractivity contribution < 1.29 is 69.0 Å². The van der Waals surface area contributed by atoms with Gasteiger partial charge in [0.15, 0.2) is 12.6 Å². The lowest BCUT2D eigenvalue weighted by Crippen LogP contribution is -2.61. The standard InChI is InChI=1S/C66H126O14/c1-3-5-7-9-11-13-15-17-19-21-23-25-27-29-31-33-35-37-39-41-43-45-47-49-58(68)78-55(53-76-65-64(74)62(72)60(70)57(80-65)54-77-66-63(73)61(71)59(69)56(51-67)79-66)52-75-50-48-46-44-42-40-38-36-34-32-30-28-26-24-22-20-18-16-14-12-10-8-6-4-2/h21,23,55-57,59-67,69-74H,3-20,22,24-54H2,1-2H3/b23-21-. The maximum absolute atomic E-state index is 13.1. The van der Waals surface area contributed by atoms with E-state index >= 15 is 0 Å². The Balaban J connectivity index is 1.65. The number of aliphatic hydroxyl groups is 7. The number of hydrogen-bond acceptors (Lipinski definition) is 14. The molecule has 2 aliphatic rings. The number of allylic oxidation sites excluding steroid dienone is 2. The zero-order valence-corrected chi connectivity index (χ0v) is 51.3. The predicted molar refractivity (Wildman–Crippen MR) is 321 cm³/mol. The molecule has 0 bridgehead atoms. The van der Waals surface area contributed by atoms with E-state index in [1.807, 2.05) is 0 Å². The number of ether oxygens (including phenoxy) is 6. The molecule has 0 aromatic rings. The van der Waals surface area contributed by atoms with Crippen molar-refractivity contribution in [1.29, 1.82) is 0 Å². The molecule has 14 nitrogen and oxygen atoms in total. The van der Waals surface area contributed by atoms with Crippen molar-refractivity contribution in [2.75, 3.05) is 33.0 Å². The minimum Gasteiger partial charge on any atom is -0.457 e. The lowest BCUT2D eigenvalue weighted by molar-refractivity contribution is -0.332.